The predicted molar refractivity (Wildman–Crippen MR) is 114 cm³/mol. The van der Waals surface area contributed by atoms with Crippen molar-refractivity contribution in [3.8, 4) is 0 Å². The Morgan fingerprint density at radius 2 is 2.11 bits per heavy atom. The highest BCUT2D eigenvalue weighted by Crippen LogP contribution is 2.48. The Hall–Kier alpha value is -2.22. The predicted octanol–water partition coefficient (Wildman–Crippen LogP) is 1.70. The second-order valence-electron chi connectivity index (χ2n) is 7.83. The van der Waals surface area contributed by atoms with Crippen molar-refractivity contribution in [1.29, 1.82) is 0 Å². The average molecular weight is 404 g/mol. The van der Waals surface area contributed by atoms with E-state index >= 15 is 0 Å². The number of nitrogens with zero attached hydrogens (tertiary/aromatic N) is 3. The third kappa shape index (κ3) is 3.70. The first-order valence-electron chi connectivity index (χ1n) is 9.54. The van der Waals surface area contributed by atoms with Crippen LogP contribution in [0.3, 0.4) is 0 Å². The summed E-state index contributed by atoms with van der Waals surface area (Å²) in [5.74, 6) is -0.186. The molecule has 1 aromatic carbocycles. The normalized spacial score (nSPS) is 26.8. The number of carbonyl (C=O) groups excluding carboxylic acids is 1. The molecule has 2 aliphatic rings. The fourth-order valence-corrected chi connectivity index (χ4v) is 5.19. The van der Waals surface area contributed by atoms with Gasteiger partial charge >= 0.3 is 0 Å². The summed E-state index contributed by atoms with van der Waals surface area (Å²) in [6.07, 6.45) is 1.54. The minimum atomic E-state index is -1.08. The number of aryl methyl sites for hydroxylation is 1. The van der Waals surface area contributed by atoms with Gasteiger partial charge in [0.2, 0.25) is 0 Å². The standard InChI is InChI=1S/C20H29N5O2S/c1-12(2)16-20(17(21)26,24-19(28-16)25(3)4)15-8-6-5-7-13(15)9-10-14-11-27-18(22)23-14/h5-8,12,14,16H,9-11H2,1-4H3,(H2,21,26)(H2,22,23). The summed E-state index contributed by atoms with van der Waals surface area (Å²) < 4.78 is 5.25. The van der Waals surface area contributed by atoms with Crippen molar-refractivity contribution in [2.24, 2.45) is 27.4 Å². The van der Waals surface area contributed by atoms with Crippen LogP contribution >= 0.6 is 11.8 Å². The average Bonchev–Trinajstić information content (AvgIpc) is 3.25. The molecule has 3 rings (SSSR count). The largest absolute Gasteiger partial charge is 0.463 e. The zero-order valence-corrected chi connectivity index (χ0v) is 17.7. The second kappa shape index (κ2) is 8.03. The number of amides is 1. The first-order chi connectivity index (χ1) is 13.3. The smallest absolute Gasteiger partial charge is 0.282 e. The van der Waals surface area contributed by atoms with Gasteiger partial charge in [0.25, 0.3) is 11.9 Å². The molecule has 0 aliphatic carbocycles. The number of nitrogens with two attached hydrogens (primary N) is 2. The van der Waals surface area contributed by atoms with Gasteiger partial charge in [-0.15, -0.1) is 0 Å². The number of hydrogen-bond acceptors (Lipinski definition) is 7. The topological polar surface area (TPSA) is 106 Å². The maximum Gasteiger partial charge on any atom is 0.282 e. The summed E-state index contributed by atoms with van der Waals surface area (Å²) in [6.45, 7) is 4.72. The van der Waals surface area contributed by atoms with Crippen LogP contribution in [0.5, 0.6) is 0 Å². The minimum Gasteiger partial charge on any atom is -0.463 e. The van der Waals surface area contributed by atoms with Gasteiger partial charge in [-0.25, -0.2) is 9.98 Å². The van der Waals surface area contributed by atoms with E-state index in [4.69, 9.17) is 21.2 Å². The van der Waals surface area contributed by atoms with E-state index in [2.05, 4.69) is 18.8 Å². The molecule has 1 amide bonds. The number of rotatable bonds is 6. The van der Waals surface area contributed by atoms with Gasteiger partial charge in [0.05, 0.1) is 11.3 Å². The summed E-state index contributed by atoms with van der Waals surface area (Å²) in [4.78, 5) is 24.0. The molecule has 0 fully saturated rings. The molecule has 4 N–H and O–H groups in total. The van der Waals surface area contributed by atoms with E-state index in [0.717, 1.165) is 29.1 Å². The molecule has 3 atom stereocenters. The van der Waals surface area contributed by atoms with Crippen LogP contribution in [0.25, 0.3) is 0 Å². The van der Waals surface area contributed by atoms with E-state index in [1.54, 1.807) is 11.8 Å². The molecule has 0 spiro atoms. The fraction of sp³-hybridized carbons (Fsp3) is 0.550. The van der Waals surface area contributed by atoms with Crippen molar-refractivity contribution >= 4 is 28.9 Å². The Labute approximate surface area is 170 Å². The first-order valence-corrected chi connectivity index (χ1v) is 10.4. The highest BCUT2D eigenvalue weighted by Gasteiger charge is 2.53. The molecule has 152 valence electrons. The van der Waals surface area contributed by atoms with E-state index in [0.29, 0.717) is 6.61 Å². The third-order valence-corrected chi connectivity index (χ3v) is 6.99. The van der Waals surface area contributed by atoms with Crippen molar-refractivity contribution in [3.63, 3.8) is 0 Å². The molecular weight excluding hydrogens is 374 g/mol. The van der Waals surface area contributed by atoms with Crippen LogP contribution in [0.1, 0.15) is 31.4 Å². The molecule has 3 unspecified atom stereocenters. The molecule has 0 bridgehead atoms. The monoisotopic (exact) mass is 403 g/mol. The molecule has 2 heterocycles. The van der Waals surface area contributed by atoms with Crippen molar-refractivity contribution in [3.05, 3.63) is 35.4 Å². The van der Waals surface area contributed by atoms with Crippen molar-refractivity contribution < 1.29 is 9.53 Å². The summed E-state index contributed by atoms with van der Waals surface area (Å²) >= 11 is 1.63. The van der Waals surface area contributed by atoms with Gasteiger partial charge in [-0.05, 0) is 29.9 Å². The number of benzene rings is 1. The number of hydrogen-bond donors (Lipinski definition) is 2. The van der Waals surface area contributed by atoms with Gasteiger partial charge in [-0.1, -0.05) is 49.9 Å². The maximum absolute atomic E-state index is 12.9. The summed E-state index contributed by atoms with van der Waals surface area (Å²) in [6, 6.07) is 8.26. The number of ether oxygens (including phenoxy) is 1. The number of carbonyl (C=O) groups is 1. The van der Waals surface area contributed by atoms with E-state index in [1.165, 1.54) is 0 Å². The van der Waals surface area contributed by atoms with Gasteiger partial charge in [-0.2, -0.15) is 0 Å². The molecule has 8 heteroatoms. The van der Waals surface area contributed by atoms with Crippen molar-refractivity contribution in [2.45, 2.75) is 43.5 Å². The number of amidine groups is 2. The fourth-order valence-electron chi connectivity index (χ4n) is 3.82. The van der Waals surface area contributed by atoms with Gasteiger partial charge in [0.15, 0.2) is 10.7 Å². The molecule has 2 aliphatic heterocycles. The second-order valence-corrected chi connectivity index (χ2v) is 8.94. The molecule has 0 saturated carbocycles. The lowest BCUT2D eigenvalue weighted by atomic mass is 9.78. The van der Waals surface area contributed by atoms with Crippen LogP contribution < -0.4 is 11.5 Å². The Bertz CT molecular complexity index is 808. The third-order valence-electron chi connectivity index (χ3n) is 5.19. The maximum atomic E-state index is 12.9. The zero-order chi connectivity index (χ0) is 20.5. The zero-order valence-electron chi connectivity index (χ0n) is 16.9. The van der Waals surface area contributed by atoms with E-state index in [1.807, 2.05) is 43.3 Å². The molecule has 0 aromatic heterocycles. The van der Waals surface area contributed by atoms with Gasteiger partial charge < -0.3 is 21.1 Å². The van der Waals surface area contributed by atoms with Crippen molar-refractivity contribution in [1.82, 2.24) is 4.90 Å². The highest BCUT2D eigenvalue weighted by molar-refractivity contribution is 8.14. The lowest BCUT2D eigenvalue weighted by Crippen LogP contribution is -2.48. The summed E-state index contributed by atoms with van der Waals surface area (Å²) in [7, 11) is 3.88. The number of aliphatic imine (C=N–C) groups is 2. The van der Waals surface area contributed by atoms with Crippen LogP contribution in [-0.2, 0) is 21.5 Å². The van der Waals surface area contributed by atoms with Gasteiger partial charge in [0.1, 0.15) is 6.61 Å². The molecule has 28 heavy (non-hydrogen) atoms. The Kier molecular flexibility index (Phi) is 5.88. The number of thioether (sulfide) groups is 1. The molecule has 0 saturated heterocycles. The van der Waals surface area contributed by atoms with E-state index < -0.39 is 11.4 Å². The van der Waals surface area contributed by atoms with Gasteiger partial charge in [-0.3, -0.25) is 4.79 Å². The lowest BCUT2D eigenvalue weighted by molar-refractivity contribution is -0.123. The summed E-state index contributed by atoms with van der Waals surface area (Å²) in [5.41, 5.74) is 12.5. The SMILES string of the molecule is CC(C)C1SC(N(C)C)=NC1(C(N)=O)c1ccccc1CCC1COC(N)=N1. The van der Waals surface area contributed by atoms with Crippen LogP contribution in [0.4, 0.5) is 0 Å². The number of primary amides is 1. The molecule has 1 aromatic rings. The van der Waals surface area contributed by atoms with Crippen LogP contribution in [-0.4, -0.2) is 54.0 Å². The molecule has 7 nitrogen and oxygen atoms in total. The Morgan fingerprint density at radius 1 is 1.39 bits per heavy atom. The lowest BCUT2D eigenvalue weighted by Gasteiger charge is -2.33. The molecule has 0 radical (unpaired) electrons. The van der Waals surface area contributed by atoms with Crippen LogP contribution in [0, 0.1) is 5.92 Å². The summed E-state index contributed by atoms with van der Waals surface area (Å²) in [5, 5.41) is 0.765. The molecular formula is C20H29N5O2S. The van der Waals surface area contributed by atoms with Gasteiger partial charge in [0, 0.05) is 14.1 Å². The van der Waals surface area contributed by atoms with Crippen LogP contribution in [0.15, 0.2) is 34.3 Å². The Balaban J connectivity index is 2.01. The first kappa shape index (κ1) is 20.5. The van der Waals surface area contributed by atoms with Crippen molar-refractivity contribution in [2.75, 3.05) is 20.7 Å². The quantitative estimate of drug-likeness (QED) is 0.752. The minimum absolute atomic E-state index is 0.0391. The van der Waals surface area contributed by atoms with E-state index in [9.17, 15) is 4.79 Å². The van der Waals surface area contributed by atoms with E-state index in [-0.39, 0.29) is 23.2 Å². The Morgan fingerprint density at radius 3 is 2.68 bits per heavy atom. The highest BCUT2D eigenvalue weighted by atomic mass is 32.2. The van der Waals surface area contributed by atoms with Crippen LogP contribution in [0.2, 0.25) is 0 Å².